The highest BCUT2D eigenvalue weighted by Gasteiger charge is 2.29. The number of benzene rings is 3. The van der Waals surface area contributed by atoms with Gasteiger partial charge in [0.15, 0.2) is 11.5 Å². The summed E-state index contributed by atoms with van der Waals surface area (Å²) >= 11 is 5.92. The van der Waals surface area contributed by atoms with Crippen molar-refractivity contribution in [3.8, 4) is 11.5 Å². The second kappa shape index (κ2) is 10.3. The molecule has 7 nitrogen and oxygen atoms in total. The zero-order valence-electron chi connectivity index (χ0n) is 19.1. The number of ether oxygens (including phenoxy) is 2. The van der Waals surface area contributed by atoms with Crippen LogP contribution in [0.1, 0.15) is 11.1 Å². The fraction of sp³-hybridized carbons (Fsp3) is 0.208. The number of nitrogens with zero attached hydrogens (tertiary/aromatic N) is 1. The number of hydrogen-bond acceptors (Lipinski definition) is 5. The summed E-state index contributed by atoms with van der Waals surface area (Å²) in [5, 5.41) is 2.49. The molecule has 0 bridgehead atoms. The third-order valence-corrected chi connectivity index (χ3v) is 7.23. The molecule has 0 heterocycles. The molecule has 3 aromatic carbocycles. The molecular weight excluding hydrogens is 483 g/mol. The first-order chi connectivity index (χ1) is 16.1. The van der Waals surface area contributed by atoms with Gasteiger partial charge in [-0.2, -0.15) is 0 Å². The Kier molecular flexibility index (Phi) is 7.68. The van der Waals surface area contributed by atoms with E-state index in [-0.39, 0.29) is 21.4 Å². The number of para-hydroxylation sites is 1. The Labute approximate surface area is 203 Å². The number of carbonyl (C=O) groups is 1. The zero-order valence-corrected chi connectivity index (χ0v) is 20.6. The summed E-state index contributed by atoms with van der Waals surface area (Å²) in [4.78, 5) is 12.8. The van der Waals surface area contributed by atoms with Gasteiger partial charge in [-0.1, -0.05) is 29.8 Å². The number of amides is 1. The molecule has 180 valence electrons. The van der Waals surface area contributed by atoms with Gasteiger partial charge in [-0.25, -0.2) is 12.8 Å². The maximum atomic E-state index is 13.8. The molecule has 0 aliphatic heterocycles. The summed E-state index contributed by atoms with van der Waals surface area (Å²) in [6.45, 7) is 3.09. The highest BCUT2D eigenvalue weighted by Crippen LogP contribution is 2.33. The molecule has 1 N–H and O–H groups in total. The molecule has 0 fully saturated rings. The topological polar surface area (TPSA) is 84.9 Å². The molecule has 0 spiro atoms. The molecule has 3 rings (SSSR count). The van der Waals surface area contributed by atoms with Crippen molar-refractivity contribution < 1.29 is 27.1 Å². The zero-order chi connectivity index (χ0) is 25.0. The summed E-state index contributed by atoms with van der Waals surface area (Å²) in [6, 6.07) is 13.0. The van der Waals surface area contributed by atoms with E-state index in [1.54, 1.807) is 0 Å². The molecule has 0 atom stereocenters. The van der Waals surface area contributed by atoms with Crippen LogP contribution in [0.5, 0.6) is 11.5 Å². The van der Waals surface area contributed by atoms with Crippen LogP contribution in [0.3, 0.4) is 0 Å². The fourth-order valence-electron chi connectivity index (χ4n) is 3.38. The van der Waals surface area contributed by atoms with Gasteiger partial charge in [0.05, 0.1) is 29.8 Å². The monoisotopic (exact) mass is 506 g/mol. The minimum atomic E-state index is -4.29. The standard InChI is InChI=1S/C24H24ClFN2O5S/c1-15-6-5-7-16(2)24(15)27-23(29)14-28(17-8-10-20(26)19(25)12-17)34(30,31)18-9-11-21(32-3)22(13-18)33-4/h5-13H,14H2,1-4H3,(H,27,29). The number of carbonyl (C=O) groups excluding carboxylic acids is 1. The summed E-state index contributed by atoms with van der Waals surface area (Å²) in [7, 11) is -1.49. The third kappa shape index (κ3) is 5.26. The fourth-order valence-corrected chi connectivity index (χ4v) is 4.98. The van der Waals surface area contributed by atoms with E-state index in [9.17, 15) is 17.6 Å². The number of hydrogen-bond donors (Lipinski definition) is 1. The number of sulfonamides is 1. The molecule has 10 heteroatoms. The van der Waals surface area contributed by atoms with Gasteiger partial charge in [0.2, 0.25) is 5.91 Å². The van der Waals surface area contributed by atoms with E-state index in [1.165, 1.54) is 38.5 Å². The lowest BCUT2D eigenvalue weighted by atomic mass is 10.1. The average Bonchev–Trinajstić information content (AvgIpc) is 2.81. The van der Waals surface area contributed by atoms with Crippen LogP contribution in [0.25, 0.3) is 0 Å². The van der Waals surface area contributed by atoms with Crippen LogP contribution in [0.4, 0.5) is 15.8 Å². The summed E-state index contributed by atoms with van der Waals surface area (Å²) in [6.07, 6.45) is 0. The largest absolute Gasteiger partial charge is 0.493 e. The first kappa shape index (κ1) is 25.3. The third-order valence-electron chi connectivity index (χ3n) is 5.17. The molecule has 0 unspecified atom stereocenters. The maximum Gasteiger partial charge on any atom is 0.264 e. The van der Waals surface area contributed by atoms with Gasteiger partial charge < -0.3 is 14.8 Å². The van der Waals surface area contributed by atoms with Gasteiger partial charge in [-0.05, 0) is 55.3 Å². The number of nitrogens with one attached hydrogen (secondary N) is 1. The SMILES string of the molecule is COc1ccc(S(=O)(=O)N(CC(=O)Nc2c(C)cccc2C)c2ccc(F)c(Cl)c2)cc1OC. The summed E-state index contributed by atoms with van der Waals surface area (Å²) < 4.78 is 52.3. The van der Waals surface area contributed by atoms with Gasteiger partial charge in [-0.3, -0.25) is 9.10 Å². The lowest BCUT2D eigenvalue weighted by Crippen LogP contribution is -2.38. The Morgan fingerprint density at radius 3 is 2.24 bits per heavy atom. The van der Waals surface area contributed by atoms with Crippen LogP contribution >= 0.6 is 11.6 Å². The minimum Gasteiger partial charge on any atom is -0.493 e. The lowest BCUT2D eigenvalue weighted by Gasteiger charge is -2.25. The number of rotatable bonds is 8. The van der Waals surface area contributed by atoms with Crippen LogP contribution in [0.15, 0.2) is 59.5 Å². The van der Waals surface area contributed by atoms with Crippen molar-refractivity contribution in [2.24, 2.45) is 0 Å². The quantitative estimate of drug-likeness (QED) is 0.467. The molecular formula is C24H24ClFN2O5S. The van der Waals surface area contributed by atoms with Crippen molar-refractivity contribution in [3.63, 3.8) is 0 Å². The van der Waals surface area contributed by atoms with E-state index in [4.69, 9.17) is 21.1 Å². The lowest BCUT2D eigenvalue weighted by molar-refractivity contribution is -0.114. The van der Waals surface area contributed by atoms with E-state index in [0.29, 0.717) is 11.4 Å². The predicted octanol–water partition coefficient (Wildman–Crippen LogP) is 4.95. The summed E-state index contributed by atoms with van der Waals surface area (Å²) in [5.41, 5.74) is 2.27. The second-order valence-electron chi connectivity index (χ2n) is 7.44. The van der Waals surface area contributed by atoms with Crippen molar-refractivity contribution >= 4 is 38.9 Å². The first-order valence-electron chi connectivity index (χ1n) is 10.1. The Morgan fingerprint density at radius 2 is 1.65 bits per heavy atom. The van der Waals surface area contributed by atoms with Crippen LogP contribution in [0, 0.1) is 19.7 Å². The van der Waals surface area contributed by atoms with Crippen LogP contribution in [0.2, 0.25) is 5.02 Å². The molecule has 0 aromatic heterocycles. The highest BCUT2D eigenvalue weighted by molar-refractivity contribution is 7.92. The molecule has 0 saturated carbocycles. The van der Waals surface area contributed by atoms with Gasteiger partial charge in [-0.15, -0.1) is 0 Å². The van der Waals surface area contributed by atoms with Crippen LogP contribution in [-0.2, 0) is 14.8 Å². The molecule has 0 saturated heterocycles. The van der Waals surface area contributed by atoms with Crippen LogP contribution in [-0.4, -0.2) is 35.1 Å². The Hall–Kier alpha value is -3.30. The number of methoxy groups -OCH3 is 2. The number of aryl methyl sites for hydroxylation is 2. The van der Waals surface area contributed by atoms with Crippen molar-refractivity contribution in [2.75, 3.05) is 30.4 Å². The van der Waals surface area contributed by atoms with E-state index in [2.05, 4.69) is 5.32 Å². The van der Waals surface area contributed by atoms with Crippen molar-refractivity contribution in [3.05, 3.63) is 76.6 Å². The van der Waals surface area contributed by atoms with E-state index < -0.39 is 28.3 Å². The molecule has 1 amide bonds. The van der Waals surface area contributed by atoms with E-state index in [0.717, 1.165) is 27.6 Å². The Bertz CT molecular complexity index is 1310. The van der Waals surface area contributed by atoms with Gasteiger partial charge in [0.1, 0.15) is 12.4 Å². The van der Waals surface area contributed by atoms with Crippen molar-refractivity contribution in [1.29, 1.82) is 0 Å². The predicted molar refractivity (Wildman–Crippen MR) is 130 cm³/mol. The smallest absolute Gasteiger partial charge is 0.264 e. The van der Waals surface area contributed by atoms with Crippen molar-refractivity contribution in [2.45, 2.75) is 18.7 Å². The molecule has 34 heavy (non-hydrogen) atoms. The molecule has 0 aliphatic rings. The Morgan fingerprint density at radius 1 is 1.00 bits per heavy atom. The molecule has 0 aliphatic carbocycles. The van der Waals surface area contributed by atoms with Gasteiger partial charge >= 0.3 is 0 Å². The summed E-state index contributed by atoms with van der Waals surface area (Å²) in [5.74, 6) is -0.762. The van der Waals surface area contributed by atoms with Crippen LogP contribution < -0.4 is 19.1 Å². The van der Waals surface area contributed by atoms with Crippen molar-refractivity contribution in [1.82, 2.24) is 0 Å². The second-order valence-corrected chi connectivity index (χ2v) is 9.71. The number of anilines is 2. The minimum absolute atomic E-state index is 0.0258. The normalized spacial score (nSPS) is 11.1. The van der Waals surface area contributed by atoms with E-state index >= 15 is 0 Å². The molecule has 3 aromatic rings. The maximum absolute atomic E-state index is 13.8. The number of halogens is 2. The first-order valence-corrected chi connectivity index (χ1v) is 12.0. The highest BCUT2D eigenvalue weighted by atomic mass is 35.5. The average molecular weight is 507 g/mol. The molecule has 0 radical (unpaired) electrons. The van der Waals surface area contributed by atoms with Gasteiger partial charge in [0.25, 0.3) is 10.0 Å². The van der Waals surface area contributed by atoms with E-state index in [1.807, 2.05) is 32.0 Å². The van der Waals surface area contributed by atoms with Gasteiger partial charge in [0, 0.05) is 11.8 Å². The Balaban J connectivity index is 2.05.